The Morgan fingerprint density at radius 2 is 1.95 bits per heavy atom. The van der Waals surface area contributed by atoms with Gasteiger partial charge in [0, 0.05) is 13.1 Å². The molecule has 0 aromatic heterocycles. The molecule has 0 aliphatic rings. The molecule has 110 valence electrons. The van der Waals surface area contributed by atoms with Gasteiger partial charge in [0.1, 0.15) is 5.82 Å². The Bertz CT molecular complexity index is 452. The highest BCUT2D eigenvalue weighted by Crippen LogP contribution is 2.03. The van der Waals surface area contributed by atoms with Gasteiger partial charge in [0.25, 0.3) is 0 Å². The number of carbonyl (C=O) groups excluding carboxylic acids is 2. The van der Waals surface area contributed by atoms with E-state index in [2.05, 4.69) is 16.0 Å². The lowest BCUT2D eigenvalue weighted by atomic mass is 10.1. The molecule has 0 heterocycles. The average Bonchev–Trinajstić information content (AvgIpc) is 2.41. The lowest BCUT2D eigenvalue weighted by Gasteiger charge is -2.07. The van der Waals surface area contributed by atoms with Crippen molar-refractivity contribution in [2.75, 3.05) is 26.2 Å². The molecule has 0 aliphatic heterocycles. The Balaban J connectivity index is 2.21. The van der Waals surface area contributed by atoms with Crippen LogP contribution in [0.2, 0.25) is 0 Å². The summed E-state index contributed by atoms with van der Waals surface area (Å²) in [5, 5.41) is 8.24. The fraction of sp³-hybridized carbons (Fsp3) is 0.429. The number of halogens is 1. The maximum absolute atomic E-state index is 12.9. The Morgan fingerprint density at radius 1 is 1.15 bits per heavy atom. The molecule has 20 heavy (non-hydrogen) atoms. The number of rotatable bonds is 8. The predicted molar refractivity (Wildman–Crippen MR) is 74.7 cm³/mol. The van der Waals surface area contributed by atoms with Crippen molar-refractivity contribution >= 4 is 11.8 Å². The summed E-state index contributed by atoms with van der Waals surface area (Å²) >= 11 is 0. The van der Waals surface area contributed by atoms with Crippen molar-refractivity contribution < 1.29 is 14.0 Å². The third-order valence-electron chi connectivity index (χ3n) is 2.57. The van der Waals surface area contributed by atoms with Gasteiger partial charge < -0.3 is 16.0 Å². The SMILES string of the molecule is CCNCCNC(=O)CNC(=O)Cc1cccc(F)c1. The molecule has 5 nitrogen and oxygen atoms in total. The zero-order valence-corrected chi connectivity index (χ0v) is 11.5. The van der Waals surface area contributed by atoms with E-state index >= 15 is 0 Å². The van der Waals surface area contributed by atoms with Crippen molar-refractivity contribution in [3.63, 3.8) is 0 Å². The standard InChI is InChI=1S/C14H20FN3O2/c1-2-16-6-7-17-14(20)10-18-13(19)9-11-4-3-5-12(15)8-11/h3-5,8,16H,2,6-7,9-10H2,1H3,(H,17,20)(H,18,19). The number of hydrogen-bond acceptors (Lipinski definition) is 3. The Labute approximate surface area is 117 Å². The van der Waals surface area contributed by atoms with E-state index in [0.29, 0.717) is 18.7 Å². The molecule has 2 amide bonds. The van der Waals surface area contributed by atoms with E-state index in [4.69, 9.17) is 0 Å². The van der Waals surface area contributed by atoms with E-state index < -0.39 is 0 Å². The summed E-state index contributed by atoms with van der Waals surface area (Å²) in [7, 11) is 0. The monoisotopic (exact) mass is 281 g/mol. The van der Waals surface area contributed by atoms with Crippen LogP contribution >= 0.6 is 0 Å². The lowest BCUT2D eigenvalue weighted by molar-refractivity contribution is -0.125. The van der Waals surface area contributed by atoms with Crippen LogP contribution in [0, 0.1) is 5.82 Å². The third kappa shape index (κ3) is 6.84. The van der Waals surface area contributed by atoms with Crippen LogP contribution in [-0.2, 0) is 16.0 Å². The molecular formula is C14H20FN3O2. The Kier molecular flexibility index (Phi) is 7.27. The first-order valence-corrected chi connectivity index (χ1v) is 6.60. The first-order chi connectivity index (χ1) is 9.61. The zero-order valence-electron chi connectivity index (χ0n) is 11.5. The van der Waals surface area contributed by atoms with Crippen molar-refractivity contribution in [1.82, 2.24) is 16.0 Å². The van der Waals surface area contributed by atoms with Gasteiger partial charge >= 0.3 is 0 Å². The van der Waals surface area contributed by atoms with E-state index in [9.17, 15) is 14.0 Å². The van der Waals surface area contributed by atoms with Crippen molar-refractivity contribution in [1.29, 1.82) is 0 Å². The van der Waals surface area contributed by atoms with Gasteiger partial charge in [-0.25, -0.2) is 4.39 Å². The molecule has 0 unspecified atom stereocenters. The lowest BCUT2D eigenvalue weighted by Crippen LogP contribution is -2.40. The van der Waals surface area contributed by atoms with Gasteiger partial charge in [-0.15, -0.1) is 0 Å². The van der Waals surface area contributed by atoms with Crippen LogP contribution in [0.25, 0.3) is 0 Å². The number of amides is 2. The van der Waals surface area contributed by atoms with E-state index in [-0.39, 0.29) is 30.6 Å². The minimum atomic E-state index is -0.378. The summed E-state index contributed by atoms with van der Waals surface area (Å²) < 4.78 is 12.9. The normalized spacial score (nSPS) is 10.1. The molecule has 0 saturated carbocycles. The second kappa shape index (κ2) is 9.03. The van der Waals surface area contributed by atoms with Gasteiger partial charge in [0.15, 0.2) is 0 Å². The molecule has 0 radical (unpaired) electrons. The Hall–Kier alpha value is -1.95. The highest BCUT2D eigenvalue weighted by molar-refractivity contribution is 5.85. The highest BCUT2D eigenvalue weighted by Gasteiger charge is 2.06. The number of likely N-dealkylation sites (N-methyl/N-ethyl adjacent to an activating group) is 1. The van der Waals surface area contributed by atoms with Gasteiger partial charge in [-0.3, -0.25) is 9.59 Å². The molecule has 0 atom stereocenters. The molecule has 3 N–H and O–H groups in total. The van der Waals surface area contributed by atoms with E-state index in [1.807, 2.05) is 6.92 Å². The summed E-state index contributed by atoms with van der Waals surface area (Å²) in [5.41, 5.74) is 0.579. The largest absolute Gasteiger partial charge is 0.353 e. The summed E-state index contributed by atoms with van der Waals surface area (Å²) in [4.78, 5) is 23.0. The molecule has 1 aromatic rings. The van der Waals surface area contributed by atoms with Crippen LogP contribution in [0.15, 0.2) is 24.3 Å². The van der Waals surface area contributed by atoms with E-state index in [1.54, 1.807) is 12.1 Å². The molecule has 0 aliphatic carbocycles. The molecule has 0 bridgehead atoms. The molecule has 6 heteroatoms. The van der Waals surface area contributed by atoms with Crippen LogP contribution in [0.4, 0.5) is 4.39 Å². The fourth-order valence-electron chi connectivity index (χ4n) is 1.60. The average molecular weight is 281 g/mol. The summed E-state index contributed by atoms with van der Waals surface area (Å²) in [6.45, 7) is 3.97. The molecule has 0 spiro atoms. The maximum Gasteiger partial charge on any atom is 0.239 e. The van der Waals surface area contributed by atoms with Crippen molar-refractivity contribution in [3.8, 4) is 0 Å². The molecule has 0 saturated heterocycles. The first-order valence-electron chi connectivity index (χ1n) is 6.60. The molecule has 1 rings (SSSR count). The van der Waals surface area contributed by atoms with Gasteiger partial charge in [-0.2, -0.15) is 0 Å². The molecular weight excluding hydrogens is 261 g/mol. The third-order valence-corrected chi connectivity index (χ3v) is 2.57. The topological polar surface area (TPSA) is 70.2 Å². The van der Waals surface area contributed by atoms with Crippen molar-refractivity contribution in [2.24, 2.45) is 0 Å². The summed E-state index contributed by atoms with van der Waals surface area (Å²) in [6, 6.07) is 5.83. The van der Waals surface area contributed by atoms with Crippen LogP contribution in [-0.4, -0.2) is 38.0 Å². The Morgan fingerprint density at radius 3 is 2.65 bits per heavy atom. The zero-order chi connectivity index (χ0) is 14.8. The second-order valence-electron chi connectivity index (χ2n) is 4.29. The predicted octanol–water partition coefficient (Wildman–Crippen LogP) is 0.210. The van der Waals surface area contributed by atoms with E-state index in [0.717, 1.165) is 6.54 Å². The van der Waals surface area contributed by atoms with Gasteiger partial charge in [0.05, 0.1) is 13.0 Å². The van der Waals surface area contributed by atoms with Crippen LogP contribution in [0.1, 0.15) is 12.5 Å². The smallest absolute Gasteiger partial charge is 0.239 e. The minimum absolute atomic E-state index is 0.0580. The van der Waals surface area contributed by atoms with Gasteiger partial charge in [-0.05, 0) is 24.2 Å². The number of carbonyl (C=O) groups is 2. The number of nitrogens with one attached hydrogen (secondary N) is 3. The van der Waals surface area contributed by atoms with Crippen LogP contribution < -0.4 is 16.0 Å². The minimum Gasteiger partial charge on any atom is -0.353 e. The van der Waals surface area contributed by atoms with Crippen molar-refractivity contribution in [2.45, 2.75) is 13.3 Å². The van der Waals surface area contributed by atoms with Gasteiger partial charge in [0.2, 0.25) is 11.8 Å². The first kappa shape index (κ1) is 16.1. The second-order valence-corrected chi connectivity index (χ2v) is 4.29. The molecule has 0 fully saturated rings. The fourth-order valence-corrected chi connectivity index (χ4v) is 1.60. The summed E-state index contributed by atoms with van der Waals surface area (Å²) in [6.07, 6.45) is 0.0580. The van der Waals surface area contributed by atoms with Crippen molar-refractivity contribution in [3.05, 3.63) is 35.6 Å². The van der Waals surface area contributed by atoms with E-state index in [1.165, 1.54) is 12.1 Å². The summed E-state index contributed by atoms with van der Waals surface area (Å²) in [5.74, 6) is -0.926. The van der Waals surface area contributed by atoms with Crippen LogP contribution in [0.5, 0.6) is 0 Å². The number of hydrogen-bond donors (Lipinski definition) is 3. The van der Waals surface area contributed by atoms with Gasteiger partial charge in [-0.1, -0.05) is 19.1 Å². The molecule has 1 aromatic carbocycles. The highest BCUT2D eigenvalue weighted by atomic mass is 19.1. The van der Waals surface area contributed by atoms with Crippen LogP contribution in [0.3, 0.4) is 0 Å². The maximum atomic E-state index is 12.9. The number of benzene rings is 1. The quantitative estimate of drug-likeness (QED) is 0.597.